The van der Waals surface area contributed by atoms with Gasteiger partial charge in [-0.1, -0.05) is 12.2 Å². The molecule has 1 fully saturated rings. The molecule has 0 spiro atoms. The second kappa shape index (κ2) is 4.86. The van der Waals surface area contributed by atoms with Crippen molar-refractivity contribution in [2.45, 2.75) is 31.3 Å². The minimum atomic E-state index is 0.0159. The molecule has 0 saturated carbocycles. The van der Waals surface area contributed by atoms with Gasteiger partial charge >= 0.3 is 0 Å². The first kappa shape index (κ1) is 11.9. The fourth-order valence-corrected chi connectivity index (χ4v) is 3.13. The smallest absolute Gasteiger partial charge is 0.239 e. The monoisotopic (exact) mass is 247 g/mol. The van der Waals surface area contributed by atoms with Gasteiger partial charge in [-0.2, -0.15) is 0 Å². The van der Waals surface area contributed by atoms with Gasteiger partial charge in [-0.15, -0.1) is 0 Å². The Balaban J connectivity index is 1.71. The third-order valence-corrected chi connectivity index (χ3v) is 4.24. The fourth-order valence-electron chi connectivity index (χ4n) is 3.13. The lowest BCUT2D eigenvalue weighted by Crippen LogP contribution is -2.47. The van der Waals surface area contributed by atoms with Crippen molar-refractivity contribution in [2.75, 3.05) is 26.7 Å². The minimum absolute atomic E-state index is 0.0159. The average molecular weight is 247 g/mol. The predicted molar refractivity (Wildman–Crippen MR) is 71.2 cm³/mol. The molecule has 4 nitrogen and oxygen atoms in total. The first-order chi connectivity index (χ1) is 8.75. The lowest BCUT2D eigenvalue weighted by atomic mass is 9.88. The van der Waals surface area contributed by atoms with E-state index in [1.165, 1.54) is 11.1 Å². The van der Waals surface area contributed by atoms with E-state index >= 15 is 0 Å². The summed E-state index contributed by atoms with van der Waals surface area (Å²) in [5.41, 5.74) is 2.93. The highest BCUT2D eigenvalue weighted by atomic mass is 16.2. The third-order valence-electron chi connectivity index (χ3n) is 4.24. The van der Waals surface area contributed by atoms with Crippen LogP contribution in [-0.2, 0) is 4.79 Å². The zero-order valence-corrected chi connectivity index (χ0v) is 10.9. The number of likely N-dealkylation sites (tertiary alicyclic amines) is 1. The van der Waals surface area contributed by atoms with Crippen molar-refractivity contribution >= 4 is 5.91 Å². The second-order valence-corrected chi connectivity index (χ2v) is 5.44. The van der Waals surface area contributed by atoms with Crippen molar-refractivity contribution in [1.82, 2.24) is 15.5 Å². The van der Waals surface area contributed by atoms with E-state index in [1.807, 2.05) is 11.9 Å². The normalized spacial score (nSPS) is 32.1. The van der Waals surface area contributed by atoms with E-state index < -0.39 is 0 Å². The summed E-state index contributed by atoms with van der Waals surface area (Å²) in [6.45, 7) is 2.91. The van der Waals surface area contributed by atoms with Crippen molar-refractivity contribution in [2.24, 2.45) is 0 Å². The van der Waals surface area contributed by atoms with Gasteiger partial charge in [-0.3, -0.25) is 10.1 Å². The first-order valence-electron chi connectivity index (χ1n) is 6.86. The molecule has 3 rings (SSSR count). The molecule has 2 heterocycles. The van der Waals surface area contributed by atoms with Crippen LogP contribution in [0.1, 0.15) is 19.3 Å². The van der Waals surface area contributed by atoms with Crippen molar-refractivity contribution < 1.29 is 4.79 Å². The number of nitrogens with one attached hydrogen (secondary N) is 2. The molecule has 2 N–H and O–H groups in total. The number of carbonyl (C=O) groups is 1. The number of rotatable bonds is 2. The van der Waals surface area contributed by atoms with Gasteiger partial charge in [0.05, 0.1) is 6.04 Å². The van der Waals surface area contributed by atoms with Crippen LogP contribution in [0.15, 0.2) is 23.3 Å². The molecule has 18 heavy (non-hydrogen) atoms. The molecule has 0 bridgehead atoms. The zero-order valence-electron chi connectivity index (χ0n) is 10.9. The summed E-state index contributed by atoms with van der Waals surface area (Å²) in [6.07, 6.45) is 7.56. The maximum atomic E-state index is 12.0. The van der Waals surface area contributed by atoms with Gasteiger partial charge in [0.15, 0.2) is 0 Å². The zero-order chi connectivity index (χ0) is 12.5. The predicted octanol–water partition coefficient (Wildman–Crippen LogP) is 0.425. The third kappa shape index (κ3) is 2.10. The van der Waals surface area contributed by atoms with E-state index in [0.29, 0.717) is 6.04 Å². The molecule has 0 radical (unpaired) electrons. The number of likely N-dealkylation sites (N-methyl/N-ethyl adjacent to an activating group) is 1. The van der Waals surface area contributed by atoms with Crippen molar-refractivity contribution in [3.8, 4) is 0 Å². The van der Waals surface area contributed by atoms with E-state index in [0.717, 1.165) is 38.9 Å². The number of allylic oxidation sites excluding steroid dienone is 1. The molecule has 2 aliphatic heterocycles. The van der Waals surface area contributed by atoms with Gasteiger partial charge in [0.25, 0.3) is 0 Å². The summed E-state index contributed by atoms with van der Waals surface area (Å²) in [5.74, 6) is 0.246. The van der Waals surface area contributed by atoms with Crippen LogP contribution in [0.2, 0.25) is 0 Å². The Morgan fingerprint density at radius 2 is 2.33 bits per heavy atom. The topological polar surface area (TPSA) is 44.4 Å². The van der Waals surface area contributed by atoms with Crippen LogP contribution in [0.25, 0.3) is 0 Å². The molecular formula is C14H21N3O. The average Bonchev–Trinajstić information content (AvgIpc) is 2.71. The summed E-state index contributed by atoms with van der Waals surface area (Å²) >= 11 is 0. The quantitative estimate of drug-likeness (QED) is 0.743. The molecule has 1 amide bonds. The molecule has 2 atom stereocenters. The van der Waals surface area contributed by atoms with Crippen molar-refractivity contribution in [1.29, 1.82) is 0 Å². The second-order valence-electron chi connectivity index (χ2n) is 5.44. The Kier molecular flexibility index (Phi) is 3.22. The highest BCUT2D eigenvalue weighted by Crippen LogP contribution is 2.25. The molecule has 3 aliphatic rings. The first-order valence-corrected chi connectivity index (χ1v) is 6.86. The number of carbonyl (C=O) groups excluding carboxylic acids is 1. The maximum Gasteiger partial charge on any atom is 0.239 e. The molecule has 98 valence electrons. The molecule has 0 aromatic carbocycles. The Morgan fingerprint density at radius 1 is 1.44 bits per heavy atom. The summed E-state index contributed by atoms with van der Waals surface area (Å²) in [6, 6.07) is 0.362. The van der Waals surface area contributed by atoms with Crippen LogP contribution in [0, 0.1) is 0 Å². The molecule has 1 unspecified atom stereocenters. The van der Waals surface area contributed by atoms with E-state index in [2.05, 4.69) is 22.8 Å². The maximum absolute atomic E-state index is 12.0. The van der Waals surface area contributed by atoms with Crippen LogP contribution in [0.5, 0.6) is 0 Å². The summed E-state index contributed by atoms with van der Waals surface area (Å²) in [5, 5.41) is 6.99. The summed E-state index contributed by atoms with van der Waals surface area (Å²) < 4.78 is 0. The molecule has 1 saturated heterocycles. The molecule has 0 aromatic heterocycles. The van der Waals surface area contributed by atoms with Crippen molar-refractivity contribution in [3.63, 3.8) is 0 Å². The number of hydrogen-bond donors (Lipinski definition) is 2. The molecule has 1 aliphatic carbocycles. The highest BCUT2D eigenvalue weighted by molar-refractivity contribution is 5.83. The van der Waals surface area contributed by atoms with Gasteiger partial charge in [0.2, 0.25) is 5.91 Å². The van der Waals surface area contributed by atoms with Gasteiger partial charge in [0, 0.05) is 26.2 Å². The van der Waals surface area contributed by atoms with Crippen LogP contribution >= 0.6 is 0 Å². The molecule has 0 aromatic rings. The van der Waals surface area contributed by atoms with E-state index in [9.17, 15) is 4.79 Å². The lowest BCUT2D eigenvalue weighted by Gasteiger charge is -2.31. The molecule has 4 heteroatoms. The van der Waals surface area contributed by atoms with Gasteiger partial charge < -0.3 is 10.2 Å². The van der Waals surface area contributed by atoms with Crippen LogP contribution in [0.3, 0.4) is 0 Å². The van der Waals surface area contributed by atoms with Gasteiger partial charge in [-0.05, 0) is 37.0 Å². The van der Waals surface area contributed by atoms with E-state index in [-0.39, 0.29) is 11.9 Å². The van der Waals surface area contributed by atoms with E-state index in [4.69, 9.17) is 0 Å². The van der Waals surface area contributed by atoms with Gasteiger partial charge in [0.1, 0.15) is 0 Å². The standard InChI is InChI=1S/C14H21N3O/c1-17-8-6-13(14(17)18)16-12-4-2-3-10-5-7-15-9-11(10)12/h2-3,12-13,15-16H,4-9H2,1H3/t12?,13-/m0/s1. The van der Waals surface area contributed by atoms with Crippen molar-refractivity contribution in [3.05, 3.63) is 23.3 Å². The number of amides is 1. The largest absolute Gasteiger partial charge is 0.344 e. The minimum Gasteiger partial charge on any atom is -0.344 e. The Labute approximate surface area is 108 Å². The number of nitrogens with zero attached hydrogens (tertiary/aromatic N) is 1. The summed E-state index contributed by atoms with van der Waals surface area (Å²) in [7, 11) is 1.89. The van der Waals surface area contributed by atoms with E-state index in [1.54, 1.807) is 0 Å². The number of hydrogen-bond acceptors (Lipinski definition) is 3. The fraction of sp³-hybridized carbons (Fsp3) is 0.643. The Hall–Kier alpha value is -1.13. The van der Waals surface area contributed by atoms with Crippen LogP contribution in [0.4, 0.5) is 0 Å². The van der Waals surface area contributed by atoms with Crippen LogP contribution < -0.4 is 10.6 Å². The van der Waals surface area contributed by atoms with Crippen LogP contribution in [-0.4, -0.2) is 49.6 Å². The van der Waals surface area contributed by atoms with Gasteiger partial charge in [-0.25, -0.2) is 0 Å². The SMILES string of the molecule is CN1CC[C@H](NC2CC=CC3=C2CNCC3)C1=O. The lowest BCUT2D eigenvalue weighted by molar-refractivity contribution is -0.128. The Bertz CT molecular complexity index is 413. The highest BCUT2D eigenvalue weighted by Gasteiger charge is 2.32. The Morgan fingerprint density at radius 3 is 3.11 bits per heavy atom. The molecular weight excluding hydrogens is 226 g/mol. The summed E-state index contributed by atoms with van der Waals surface area (Å²) in [4.78, 5) is 13.8.